The quantitative estimate of drug-likeness (QED) is 0.134. The molecule has 1 fully saturated rings. The molecule has 11 nitrogen and oxygen atoms in total. The zero-order valence-corrected chi connectivity index (χ0v) is 27.1. The maximum atomic E-state index is 12.1. The molecule has 3 aromatic carbocycles. The van der Waals surface area contributed by atoms with E-state index in [2.05, 4.69) is 39.9 Å². The number of hydrogen-bond acceptors (Lipinski definition) is 8. The lowest BCUT2D eigenvalue weighted by molar-refractivity contribution is -0.192. The number of amides is 2. The molecular formula is C34H34F3N7O4S. The van der Waals surface area contributed by atoms with E-state index in [-0.39, 0.29) is 6.03 Å². The van der Waals surface area contributed by atoms with Crippen LogP contribution < -0.4 is 15.8 Å². The van der Waals surface area contributed by atoms with E-state index in [4.69, 9.17) is 25.4 Å². The fraction of sp³-hybridized carbons (Fsp3) is 0.265. The van der Waals surface area contributed by atoms with E-state index in [0.717, 1.165) is 62.9 Å². The number of carboxylic acids is 1. The number of unbranched alkanes of at least 4 members (excludes halogenated alkanes) is 1. The molecule has 5 aromatic rings. The summed E-state index contributed by atoms with van der Waals surface area (Å²) in [5.41, 5.74) is 11.4. The predicted octanol–water partition coefficient (Wildman–Crippen LogP) is 6.04. The maximum absolute atomic E-state index is 12.1. The van der Waals surface area contributed by atoms with E-state index >= 15 is 0 Å². The van der Waals surface area contributed by atoms with Crippen LogP contribution in [0.4, 0.5) is 18.0 Å². The van der Waals surface area contributed by atoms with Gasteiger partial charge in [0.15, 0.2) is 0 Å². The second-order valence-electron chi connectivity index (χ2n) is 10.9. The van der Waals surface area contributed by atoms with Crippen molar-refractivity contribution in [2.75, 3.05) is 32.8 Å². The highest BCUT2D eigenvalue weighted by Gasteiger charge is 2.38. The molecule has 1 saturated heterocycles. The first-order valence-electron chi connectivity index (χ1n) is 15.5. The van der Waals surface area contributed by atoms with Crippen LogP contribution in [0.3, 0.4) is 0 Å². The normalized spacial score (nSPS) is 12.7. The van der Waals surface area contributed by atoms with Crippen molar-refractivity contribution >= 4 is 23.3 Å². The number of thiazole rings is 1. The summed E-state index contributed by atoms with van der Waals surface area (Å²) in [7, 11) is 0. The summed E-state index contributed by atoms with van der Waals surface area (Å²) in [6.07, 6.45) is -0.364. The highest BCUT2D eigenvalue weighted by Crippen LogP contribution is 2.43. The number of nitrogens with two attached hydrogens (primary N) is 1. The number of ether oxygens (including phenoxy) is 1. The summed E-state index contributed by atoms with van der Waals surface area (Å²) in [6.45, 7) is 2.85. The molecule has 2 aromatic heterocycles. The molecule has 256 valence electrons. The summed E-state index contributed by atoms with van der Waals surface area (Å²) < 4.78 is 39.9. The van der Waals surface area contributed by atoms with Gasteiger partial charge in [-0.1, -0.05) is 65.9 Å². The molecule has 0 atom stereocenters. The van der Waals surface area contributed by atoms with Gasteiger partial charge >= 0.3 is 18.2 Å². The van der Waals surface area contributed by atoms with Crippen molar-refractivity contribution < 1.29 is 32.6 Å². The molecule has 0 bridgehead atoms. The molecule has 4 N–H and O–H groups in total. The van der Waals surface area contributed by atoms with Crippen molar-refractivity contribution in [3.8, 4) is 43.7 Å². The Labute approximate surface area is 284 Å². The molecule has 0 radical (unpaired) electrons. The fourth-order valence-corrected chi connectivity index (χ4v) is 6.06. The highest BCUT2D eigenvalue weighted by atomic mass is 32.1. The Morgan fingerprint density at radius 3 is 2.35 bits per heavy atom. The third kappa shape index (κ3) is 9.21. The molecule has 1 aliphatic heterocycles. The molecule has 49 heavy (non-hydrogen) atoms. The molecular weight excluding hydrogens is 659 g/mol. The first-order valence-corrected chi connectivity index (χ1v) is 16.3. The van der Waals surface area contributed by atoms with Crippen LogP contribution in [-0.2, 0) is 11.2 Å². The van der Waals surface area contributed by atoms with Crippen LogP contribution in [0, 0.1) is 0 Å². The van der Waals surface area contributed by atoms with Gasteiger partial charge in [0.25, 0.3) is 0 Å². The summed E-state index contributed by atoms with van der Waals surface area (Å²) in [6, 6.07) is 26.5. The van der Waals surface area contributed by atoms with E-state index in [9.17, 15) is 18.0 Å². The van der Waals surface area contributed by atoms with Crippen molar-refractivity contribution in [3.05, 3.63) is 90.8 Å². The summed E-state index contributed by atoms with van der Waals surface area (Å²) in [4.78, 5) is 29.0. The number of halogens is 3. The molecule has 15 heteroatoms. The lowest BCUT2D eigenvalue weighted by Crippen LogP contribution is -2.31. The highest BCUT2D eigenvalue weighted by molar-refractivity contribution is 7.19. The average molecular weight is 694 g/mol. The topological polar surface area (TPSA) is 148 Å². The number of urea groups is 1. The van der Waals surface area contributed by atoms with Crippen LogP contribution in [-0.4, -0.2) is 80.9 Å². The van der Waals surface area contributed by atoms with Crippen molar-refractivity contribution in [1.82, 2.24) is 30.2 Å². The van der Waals surface area contributed by atoms with Crippen molar-refractivity contribution in [2.24, 2.45) is 5.73 Å². The second-order valence-corrected chi connectivity index (χ2v) is 11.9. The van der Waals surface area contributed by atoms with Gasteiger partial charge in [0.05, 0.1) is 40.3 Å². The SMILES string of the molecule is NCCCCc1cn(-c2ccc(-c3nc(-c4ccccc4)c(-c4ccccc4)s3)c(OCCN3CCNC3=O)c2)nn1.O=C(O)C(F)(F)F. The van der Waals surface area contributed by atoms with E-state index in [1.165, 1.54) is 0 Å². The standard InChI is InChI=1S/C32H33N7O2S.C2HF3O2/c33-16-8-7-13-25-22-39(37-36-25)26-14-15-27(28(21-26)41-20-19-38-18-17-34-32(38)40)31-35-29(23-9-3-1-4-10-23)30(42-31)24-11-5-2-6-12-24;3-2(4,5)1(6)7/h1-6,9-12,14-15,21-22H,7-8,13,16-20,33H2,(H,34,40);(H,6,7). The first-order chi connectivity index (χ1) is 23.6. The summed E-state index contributed by atoms with van der Waals surface area (Å²) in [5.74, 6) is -2.08. The minimum atomic E-state index is -5.08. The van der Waals surface area contributed by atoms with Crippen LogP contribution in [0.1, 0.15) is 18.5 Å². The molecule has 0 saturated carbocycles. The lowest BCUT2D eigenvalue weighted by atomic mass is 10.1. The second kappa shape index (κ2) is 16.2. The monoisotopic (exact) mass is 693 g/mol. The number of benzene rings is 3. The Bertz CT molecular complexity index is 1790. The molecule has 0 unspecified atom stereocenters. The van der Waals surface area contributed by atoms with Gasteiger partial charge in [0.2, 0.25) is 0 Å². The number of carbonyl (C=O) groups is 2. The molecule has 1 aliphatic rings. The van der Waals surface area contributed by atoms with E-state index in [0.29, 0.717) is 38.5 Å². The molecule has 3 heterocycles. The number of carbonyl (C=O) groups excluding carboxylic acids is 1. The van der Waals surface area contributed by atoms with Crippen LogP contribution in [0.15, 0.2) is 85.1 Å². The Hall–Kier alpha value is -5.28. The minimum absolute atomic E-state index is 0.0581. The number of carboxylic acid groups (broad SMARTS) is 1. The molecule has 0 aliphatic carbocycles. The molecule has 6 rings (SSSR count). The van der Waals surface area contributed by atoms with Crippen LogP contribution in [0.25, 0.3) is 38.0 Å². The van der Waals surface area contributed by atoms with Gasteiger partial charge < -0.3 is 25.8 Å². The van der Waals surface area contributed by atoms with Gasteiger partial charge in [-0.25, -0.2) is 19.3 Å². The first kappa shape index (κ1) is 35.0. The number of alkyl halides is 3. The number of aryl methyl sites for hydroxylation is 1. The number of aliphatic carboxylic acids is 1. The van der Waals surface area contributed by atoms with E-state index in [1.807, 2.05) is 60.8 Å². The maximum Gasteiger partial charge on any atom is 0.490 e. The number of aromatic nitrogens is 4. The minimum Gasteiger partial charge on any atom is -0.491 e. The Kier molecular flexibility index (Phi) is 11.6. The van der Waals surface area contributed by atoms with Gasteiger partial charge in [-0.2, -0.15) is 13.2 Å². The van der Waals surface area contributed by atoms with Crippen LogP contribution >= 0.6 is 11.3 Å². The van der Waals surface area contributed by atoms with E-state index < -0.39 is 12.1 Å². The van der Waals surface area contributed by atoms with Crippen LogP contribution in [0.2, 0.25) is 0 Å². The van der Waals surface area contributed by atoms with Crippen LogP contribution in [0.5, 0.6) is 5.75 Å². The summed E-state index contributed by atoms with van der Waals surface area (Å²) in [5, 5.41) is 19.5. The van der Waals surface area contributed by atoms with Gasteiger partial charge in [-0.15, -0.1) is 16.4 Å². The van der Waals surface area contributed by atoms with Gasteiger partial charge in [-0.3, -0.25) is 0 Å². The Balaban J connectivity index is 0.000000606. The Morgan fingerprint density at radius 1 is 1.02 bits per heavy atom. The number of hydrogen-bond donors (Lipinski definition) is 3. The third-order valence-electron chi connectivity index (χ3n) is 7.40. The van der Waals surface area contributed by atoms with Crippen molar-refractivity contribution in [1.29, 1.82) is 0 Å². The summed E-state index contributed by atoms with van der Waals surface area (Å²) >= 11 is 1.64. The average Bonchev–Trinajstić information content (AvgIpc) is 3.86. The smallest absolute Gasteiger partial charge is 0.490 e. The number of nitrogens with zero attached hydrogens (tertiary/aromatic N) is 5. The van der Waals surface area contributed by atoms with E-state index in [1.54, 1.807) is 20.9 Å². The zero-order chi connectivity index (χ0) is 34.8. The van der Waals surface area contributed by atoms with Crippen molar-refractivity contribution in [3.63, 3.8) is 0 Å². The molecule has 0 spiro atoms. The van der Waals surface area contributed by atoms with Crippen molar-refractivity contribution in [2.45, 2.75) is 25.4 Å². The van der Waals surface area contributed by atoms with Gasteiger partial charge in [-0.05, 0) is 43.5 Å². The fourth-order valence-electron chi connectivity index (χ4n) is 4.94. The Morgan fingerprint density at radius 2 is 1.71 bits per heavy atom. The van der Waals surface area contributed by atoms with Gasteiger partial charge in [0, 0.05) is 24.7 Å². The molecule has 2 amide bonds. The predicted molar refractivity (Wildman–Crippen MR) is 179 cm³/mol. The number of rotatable bonds is 12. The zero-order valence-electron chi connectivity index (χ0n) is 26.3. The van der Waals surface area contributed by atoms with Gasteiger partial charge in [0.1, 0.15) is 17.4 Å². The number of nitrogens with one attached hydrogen (secondary N) is 1. The third-order valence-corrected chi connectivity index (χ3v) is 8.54. The lowest BCUT2D eigenvalue weighted by Gasteiger charge is -2.16. The largest absolute Gasteiger partial charge is 0.491 e.